The molecule has 2 N–H and O–H groups in total. The smallest absolute Gasteiger partial charge is 0.142 e. The van der Waals surface area contributed by atoms with Crippen molar-refractivity contribution in [2.45, 2.75) is 6.92 Å². The molecule has 0 saturated carbocycles. The average Bonchev–Trinajstić information content (AvgIpc) is 2.58. The number of nitriles is 1. The third kappa shape index (κ3) is 2.65. The predicted molar refractivity (Wildman–Crippen MR) is 94.0 cm³/mol. The third-order valence-corrected chi connectivity index (χ3v) is 4.10. The molecule has 0 aliphatic rings. The molecule has 1 aromatic heterocycles. The lowest BCUT2D eigenvalue weighted by atomic mass is 9.93. The lowest BCUT2D eigenvalue weighted by molar-refractivity contribution is 1.26. The van der Waals surface area contributed by atoms with Crippen molar-refractivity contribution in [3.05, 3.63) is 70.7 Å². The number of aromatic nitrogens is 1. The highest BCUT2D eigenvalue weighted by molar-refractivity contribution is 6.33. The minimum Gasteiger partial charge on any atom is -0.383 e. The van der Waals surface area contributed by atoms with Crippen molar-refractivity contribution in [3.63, 3.8) is 0 Å². The monoisotopic (exact) mass is 319 g/mol. The minimum absolute atomic E-state index is 0.215. The number of halogens is 1. The highest BCUT2D eigenvalue weighted by Crippen LogP contribution is 2.38. The van der Waals surface area contributed by atoms with Crippen LogP contribution in [0.2, 0.25) is 5.02 Å². The summed E-state index contributed by atoms with van der Waals surface area (Å²) in [5.41, 5.74) is 10.5. The summed E-state index contributed by atoms with van der Waals surface area (Å²) in [5.74, 6) is 0.215. The Morgan fingerprint density at radius 2 is 1.70 bits per heavy atom. The molecule has 23 heavy (non-hydrogen) atoms. The van der Waals surface area contributed by atoms with Crippen LogP contribution in [0.5, 0.6) is 0 Å². The Labute approximate surface area is 140 Å². The number of nitrogens with two attached hydrogens (primary N) is 1. The number of anilines is 1. The molecule has 3 aromatic rings. The van der Waals surface area contributed by atoms with Crippen molar-refractivity contribution in [1.82, 2.24) is 4.98 Å². The molecule has 0 bridgehead atoms. The fourth-order valence-corrected chi connectivity index (χ4v) is 2.92. The van der Waals surface area contributed by atoms with E-state index < -0.39 is 0 Å². The molecular formula is C19H14ClN3. The van der Waals surface area contributed by atoms with Gasteiger partial charge in [-0.3, -0.25) is 0 Å². The van der Waals surface area contributed by atoms with Crippen molar-refractivity contribution in [2.75, 3.05) is 5.73 Å². The van der Waals surface area contributed by atoms with Gasteiger partial charge in [-0.05, 0) is 18.6 Å². The van der Waals surface area contributed by atoms with Gasteiger partial charge in [0.2, 0.25) is 0 Å². The normalized spacial score (nSPS) is 10.3. The van der Waals surface area contributed by atoms with E-state index >= 15 is 0 Å². The summed E-state index contributed by atoms with van der Waals surface area (Å²) in [4.78, 5) is 4.44. The summed E-state index contributed by atoms with van der Waals surface area (Å²) in [6.07, 6.45) is 0. The fourth-order valence-electron chi connectivity index (χ4n) is 2.69. The minimum atomic E-state index is 0.215. The summed E-state index contributed by atoms with van der Waals surface area (Å²) >= 11 is 6.34. The Morgan fingerprint density at radius 1 is 1.04 bits per heavy atom. The standard InChI is InChI=1S/C19H14ClN3/c1-12-17(14-9-5-6-10-16(14)20)15(11-21)19(22)23-18(12)13-7-3-2-4-8-13/h2-10H,1H3,(H2,22,23). The van der Waals surface area contributed by atoms with Crippen LogP contribution in [0.4, 0.5) is 5.82 Å². The van der Waals surface area contributed by atoms with Gasteiger partial charge in [0.05, 0.1) is 5.69 Å². The maximum absolute atomic E-state index is 9.52. The van der Waals surface area contributed by atoms with Crippen molar-refractivity contribution < 1.29 is 0 Å². The lowest BCUT2D eigenvalue weighted by Crippen LogP contribution is -2.03. The topological polar surface area (TPSA) is 62.7 Å². The number of hydrogen-bond donors (Lipinski definition) is 1. The van der Waals surface area contributed by atoms with Gasteiger partial charge >= 0.3 is 0 Å². The zero-order valence-electron chi connectivity index (χ0n) is 12.5. The molecule has 3 nitrogen and oxygen atoms in total. The second kappa shape index (κ2) is 6.12. The molecular weight excluding hydrogens is 306 g/mol. The highest BCUT2D eigenvalue weighted by Gasteiger charge is 2.19. The van der Waals surface area contributed by atoms with E-state index in [1.807, 2.05) is 55.5 Å². The molecule has 0 saturated heterocycles. The molecule has 0 fully saturated rings. The first-order valence-electron chi connectivity index (χ1n) is 7.14. The molecule has 1 heterocycles. The first-order valence-corrected chi connectivity index (χ1v) is 7.51. The first kappa shape index (κ1) is 15.1. The van der Waals surface area contributed by atoms with E-state index in [1.165, 1.54) is 0 Å². The van der Waals surface area contributed by atoms with Gasteiger partial charge in [-0.25, -0.2) is 4.98 Å². The van der Waals surface area contributed by atoms with Crippen LogP contribution in [0.3, 0.4) is 0 Å². The van der Waals surface area contributed by atoms with Crippen molar-refractivity contribution in [1.29, 1.82) is 5.26 Å². The van der Waals surface area contributed by atoms with Gasteiger partial charge in [0.1, 0.15) is 17.5 Å². The van der Waals surface area contributed by atoms with E-state index in [0.29, 0.717) is 10.6 Å². The summed E-state index contributed by atoms with van der Waals surface area (Å²) < 4.78 is 0. The Bertz CT molecular complexity index is 912. The predicted octanol–water partition coefficient (Wildman–Crippen LogP) is 4.83. The van der Waals surface area contributed by atoms with Gasteiger partial charge in [-0.15, -0.1) is 0 Å². The molecule has 2 aromatic carbocycles. The third-order valence-electron chi connectivity index (χ3n) is 3.77. The van der Waals surface area contributed by atoms with Gasteiger partial charge in [0.25, 0.3) is 0 Å². The SMILES string of the molecule is Cc1c(-c2ccccc2)nc(N)c(C#N)c1-c1ccccc1Cl. The Kier molecular flexibility index (Phi) is 4.01. The largest absolute Gasteiger partial charge is 0.383 e. The van der Waals surface area contributed by atoms with E-state index in [0.717, 1.165) is 27.9 Å². The maximum atomic E-state index is 9.52. The molecule has 0 aliphatic carbocycles. The molecule has 0 unspecified atom stereocenters. The highest BCUT2D eigenvalue weighted by atomic mass is 35.5. The van der Waals surface area contributed by atoms with E-state index in [4.69, 9.17) is 17.3 Å². The van der Waals surface area contributed by atoms with Gasteiger partial charge < -0.3 is 5.73 Å². The Hall–Kier alpha value is -2.83. The van der Waals surface area contributed by atoms with Crippen LogP contribution >= 0.6 is 11.6 Å². The van der Waals surface area contributed by atoms with Crippen LogP contribution in [0.25, 0.3) is 22.4 Å². The summed E-state index contributed by atoms with van der Waals surface area (Å²) in [5, 5.41) is 10.1. The molecule has 0 aliphatic heterocycles. The Balaban J connectivity index is 2.37. The van der Waals surface area contributed by atoms with E-state index in [2.05, 4.69) is 11.1 Å². The number of pyridine rings is 1. The molecule has 0 radical (unpaired) electrons. The lowest BCUT2D eigenvalue weighted by Gasteiger charge is -2.16. The zero-order valence-corrected chi connectivity index (χ0v) is 13.3. The van der Waals surface area contributed by atoms with Crippen LogP contribution in [0, 0.1) is 18.3 Å². The molecule has 3 rings (SSSR count). The van der Waals surface area contributed by atoms with Gasteiger partial charge in [0, 0.05) is 21.7 Å². The van der Waals surface area contributed by atoms with Crippen LogP contribution in [0.1, 0.15) is 11.1 Å². The summed E-state index contributed by atoms with van der Waals surface area (Å²) in [6.45, 7) is 1.94. The quantitative estimate of drug-likeness (QED) is 0.735. The molecule has 0 spiro atoms. The second-order valence-electron chi connectivity index (χ2n) is 5.18. The zero-order chi connectivity index (χ0) is 16.4. The van der Waals surface area contributed by atoms with Crippen LogP contribution in [0.15, 0.2) is 54.6 Å². The van der Waals surface area contributed by atoms with Crippen LogP contribution in [-0.4, -0.2) is 4.98 Å². The molecule has 4 heteroatoms. The first-order chi connectivity index (χ1) is 11.1. The number of nitrogens with zero attached hydrogens (tertiary/aromatic N) is 2. The van der Waals surface area contributed by atoms with Gasteiger partial charge in [-0.1, -0.05) is 60.1 Å². The fraction of sp³-hybridized carbons (Fsp3) is 0.0526. The van der Waals surface area contributed by atoms with E-state index in [1.54, 1.807) is 6.07 Å². The van der Waals surface area contributed by atoms with Gasteiger partial charge in [-0.2, -0.15) is 5.26 Å². The van der Waals surface area contributed by atoms with E-state index in [9.17, 15) is 5.26 Å². The maximum Gasteiger partial charge on any atom is 0.142 e. The van der Waals surface area contributed by atoms with Crippen LogP contribution in [-0.2, 0) is 0 Å². The van der Waals surface area contributed by atoms with Crippen LogP contribution < -0.4 is 5.73 Å². The Morgan fingerprint density at radius 3 is 2.35 bits per heavy atom. The number of benzene rings is 2. The summed E-state index contributed by atoms with van der Waals surface area (Å²) in [6, 6.07) is 19.4. The second-order valence-corrected chi connectivity index (χ2v) is 5.59. The average molecular weight is 320 g/mol. The molecule has 0 atom stereocenters. The van der Waals surface area contributed by atoms with Gasteiger partial charge in [0.15, 0.2) is 0 Å². The van der Waals surface area contributed by atoms with Crippen molar-refractivity contribution in [2.24, 2.45) is 0 Å². The number of rotatable bonds is 2. The van der Waals surface area contributed by atoms with Crippen molar-refractivity contribution in [3.8, 4) is 28.5 Å². The van der Waals surface area contributed by atoms with E-state index in [-0.39, 0.29) is 5.82 Å². The summed E-state index contributed by atoms with van der Waals surface area (Å²) in [7, 11) is 0. The molecule has 0 amide bonds. The number of nitrogen functional groups attached to an aromatic ring is 1. The number of hydrogen-bond acceptors (Lipinski definition) is 3. The van der Waals surface area contributed by atoms with Crippen molar-refractivity contribution >= 4 is 17.4 Å². The molecule has 112 valence electrons.